The lowest BCUT2D eigenvalue weighted by Gasteiger charge is -2.11. The first-order valence-corrected chi connectivity index (χ1v) is 4.54. The molecule has 0 fully saturated rings. The zero-order valence-electron chi connectivity index (χ0n) is 8.32. The van der Waals surface area contributed by atoms with E-state index in [1.807, 2.05) is 6.92 Å². The topological polar surface area (TPSA) is 87.6 Å². The first kappa shape index (κ1) is 9.79. The summed E-state index contributed by atoms with van der Waals surface area (Å²) in [6.07, 6.45) is 0. The molecule has 0 aliphatic carbocycles. The smallest absolute Gasteiger partial charge is 0.238 e. The van der Waals surface area contributed by atoms with Gasteiger partial charge in [0.1, 0.15) is 6.04 Å². The largest absolute Gasteiger partial charge is 0.454 e. The fraction of sp³-hybridized carbons (Fsp3) is 0.300. The molecule has 1 amide bonds. The van der Waals surface area contributed by atoms with E-state index in [1.54, 1.807) is 12.1 Å². The van der Waals surface area contributed by atoms with Crippen LogP contribution >= 0.6 is 0 Å². The van der Waals surface area contributed by atoms with Gasteiger partial charge in [-0.1, -0.05) is 0 Å². The highest BCUT2D eigenvalue weighted by molar-refractivity contribution is 5.82. The van der Waals surface area contributed by atoms with Crippen molar-refractivity contribution in [3.8, 4) is 11.5 Å². The van der Waals surface area contributed by atoms with Crippen LogP contribution in [-0.4, -0.2) is 12.7 Å². The minimum absolute atomic E-state index is 0.198. The van der Waals surface area contributed by atoms with Crippen LogP contribution in [0.4, 0.5) is 0 Å². The van der Waals surface area contributed by atoms with E-state index in [1.165, 1.54) is 0 Å². The van der Waals surface area contributed by atoms with Crippen molar-refractivity contribution in [2.24, 2.45) is 11.5 Å². The summed E-state index contributed by atoms with van der Waals surface area (Å²) in [7, 11) is 0. The minimum atomic E-state index is -0.806. The molecule has 0 bridgehead atoms. The van der Waals surface area contributed by atoms with Crippen molar-refractivity contribution in [3.63, 3.8) is 0 Å². The molecule has 2 rings (SSSR count). The average molecular weight is 208 g/mol. The van der Waals surface area contributed by atoms with Gasteiger partial charge in [0, 0.05) is 0 Å². The Morgan fingerprint density at radius 2 is 2.00 bits per heavy atom. The zero-order valence-corrected chi connectivity index (χ0v) is 8.32. The van der Waals surface area contributed by atoms with Crippen LogP contribution in [0.1, 0.15) is 17.2 Å². The number of benzene rings is 1. The maximum absolute atomic E-state index is 11.0. The van der Waals surface area contributed by atoms with Crippen molar-refractivity contribution in [2.45, 2.75) is 13.0 Å². The van der Waals surface area contributed by atoms with E-state index >= 15 is 0 Å². The number of nitrogens with two attached hydrogens (primary N) is 2. The van der Waals surface area contributed by atoms with Gasteiger partial charge in [-0.15, -0.1) is 0 Å². The third-order valence-corrected chi connectivity index (χ3v) is 2.40. The van der Waals surface area contributed by atoms with Crippen LogP contribution in [0.3, 0.4) is 0 Å². The Balaban J connectivity index is 2.44. The highest BCUT2D eigenvalue weighted by Gasteiger charge is 2.20. The first-order valence-electron chi connectivity index (χ1n) is 4.54. The maximum Gasteiger partial charge on any atom is 0.238 e. The quantitative estimate of drug-likeness (QED) is 0.727. The number of carbonyl (C=O) groups excluding carboxylic acids is 1. The summed E-state index contributed by atoms with van der Waals surface area (Å²) in [6, 6.07) is 2.69. The third kappa shape index (κ3) is 1.61. The van der Waals surface area contributed by atoms with Crippen molar-refractivity contribution in [1.29, 1.82) is 0 Å². The highest BCUT2D eigenvalue weighted by atomic mass is 16.7. The Labute approximate surface area is 87.0 Å². The maximum atomic E-state index is 11.0. The van der Waals surface area contributed by atoms with Crippen LogP contribution in [0.15, 0.2) is 12.1 Å². The average Bonchev–Trinajstić information content (AvgIpc) is 2.62. The molecule has 1 aromatic rings. The van der Waals surface area contributed by atoms with E-state index in [-0.39, 0.29) is 6.79 Å². The molecule has 0 saturated carbocycles. The predicted molar refractivity (Wildman–Crippen MR) is 53.4 cm³/mol. The van der Waals surface area contributed by atoms with Crippen LogP contribution in [0, 0.1) is 6.92 Å². The summed E-state index contributed by atoms with van der Waals surface area (Å²) in [4.78, 5) is 11.0. The Hall–Kier alpha value is -1.75. The second-order valence-electron chi connectivity index (χ2n) is 3.44. The Kier molecular flexibility index (Phi) is 2.24. The number of amides is 1. The lowest BCUT2D eigenvalue weighted by Crippen LogP contribution is -2.28. The number of hydrogen-bond acceptors (Lipinski definition) is 4. The summed E-state index contributed by atoms with van der Waals surface area (Å²) in [6.45, 7) is 2.05. The van der Waals surface area contributed by atoms with Gasteiger partial charge in [0.15, 0.2) is 11.5 Å². The van der Waals surface area contributed by atoms with Gasteiger partial charge in [0.2, 0.25) is 12.7 Å². The molecule has 5 nitrogen and oxygen atoms in total. The molecule has 4 N–H and O–H groups in total. The molecule has 1 atom stereocenters. The molecule has 1 aromatic carbocycles. The fourth-order valence-corrected chi connectivity index (χ4v) is 1.55. The molecular weight excluding hydrogens is 196 g/mol. The van der Waals surface area contributed by atoms with E-state index in [9.17, 15) is 4.79 Å². The van der Waals surface area contributed by atoms with Crippen LogP contribution in [0.5, 0.6) is 11.5 Å². The summed E-state index contributed by atoms with van der Waals surface area (Å²) in [5, 5.41) is 0. The lowest BCUT2D eigenvalue weighted by molar-refractivity contribution is -0.119. The molecule has 80 valence electrons. The molecule has 1 heterocycles. The summed E-state index contributed by atoms with van der Waals surface area (Å²) in [5.74, 6) is 0.720. The van der Waals surface area contributed by atoms with Gasteiger partial charge in [-0.2, -0.15) is 0 Å². The Bertz CT molecular complexity index is 417. The summed E-state index contributed by atoms with van der Waals surface area (Å²) < 4.78 is 10.4. The lowest BCUT2D eigenvalue weighted by atomic mass is 10.0. The van der Waals surface area contributed by atoms with Gasteiger partial charge < -0.3 is 20.9 Å². The minimum Gasteiger partial charge on any atom is -0.454 e. The van der Waals surface area contributed by atoms with Gasteiger partial charge >= 0.3 is 0 Å². The molecule has 1 aliphatic rings. The van der Waals surface area contributed by atoms with Gasteiger partial charge in [0.25, 0.3) is 0 Å². The van der Waals surface area contributed by atoms with Gasteiger partial charge in [-0.05, 0) is 30.2 Å². The number of aryl methyl sites for hydroxylation is 1. The molecular formula is C10H12N2O3. The van der Waals surface area contributed by atoms with Crippen molar-refractivity contribution in [3.05, 3.63) is 23.3 Å². The number of rotatable bonds is 2. The Morgan fingerprint density at radius 3 is 2.60 bits per heavy atom. The fourth-order valence-electron chi connectivity index (χ4n) is 1.55. The standard InChI is InChI=1S/C10H12N2O3/c1-5-2-7-8(15-4-14-7)3-6(5)9(11)10(12)13/h2-3,9H,4,11H2,1H3,(H2,12,13). The van der Waals surface area contributed by atoms with Gasteiger partial charge in [-0.3, -0.25) is 4.79 Å². The van der Waals surface area contributed by atoms with Crippen LogP contribution < -0.4 is 20.9 Å². The molecule has 1 aliphatic heterocycles. The van der Waals surface area contributed by atoms with Crippen molar-refractivity contribution in [2.75, 3.05) is 6.79 Å². The zero-order chi connectivity index (χ0) is 11.0. The Morgan fingerprint density at radius 1 is 1.40 bits per heavy atom. The monoisotopic (exact) mass is 208 g/mol. The molecule has 0 spiro atoms. The SMILES string of the molecule is Cc1cc2c(cc1C(N)C(N)=O)OCO2. The van der Waals surface area contributed by atoms with Gasteiger partial charge in [0.05, 0.1) is 0 Å². The van der Waals surface area contributed by atoms with Crippen molar-refractivity contribution >= 4 is 5.91 Å². The molecule has 15 heavy (non-hydrogen) atoms. The van der Waals surface area contributed by atoms with Crippen LogP contribution in [0.25, 0.3) is 0 Å². The molecule has 0 aromatic heterocycles. The number of carbonyl (C=O) groups is 1. The van der Waals surface area contributed by atoms with Crippen LogP contribution in [-0.2, 0) is 4.79 Å². The van der Waals surface area contributed by atoms with E-state index < -0.39 is 11.9 Å². The van der Waals surface area contributed by atoms with E-state index in [0.717, 1.165) is 5.56 Å². The summed E-state index contributed by atoms with van der Waals surface area (Å²) >= 11 is 0. The summed E-state index contributed by atoms with van der Waals surface area (Å²) in [5.41, 5.74) is 12.3. The second kappa shape index (κ2) is 3.43. The van der Waals surface area contributed by atoms with E-state index in [2.05, 4.69) is 0 Å². The number of ether oxygens (including phenoxy) is 2. The molecule has 0 saturated heterocycles. The highest BCUT2D eigenvalue weighted by Crippen LogP contribution is 2.35. The number of hydrogen-bond donors (Lipinski definition) is 2. The van der Waals surface area contributed by atoms with E-state index in [4.69, 9.17) is 20.9 Å². The van der Waals surface area contributed by atoms with E-state index in [0.29, 0.717) is 17.1 Å². The molecule has 0 radical (unpaired) electrons. The first-order chi connectivity index (χ1) is 7.09. The third-order valence-electron chi connectivity index (χ3n) is 2.40. The van der Waals surface area contributed by atoms with Crippen molar-refractivity contribution < 1.29 is 14.3 Å². The normalized spacial score (nSPS) is 15.1. The molecule has 1 unspecified atom stereocenters. The van der Waals surface area contributed by atoms with Crippen molar-refractivity contribution in [1.82, 2.24) is 0 Å². The number of primary amides is 1. The predicted octanol–water partition coefficient (Wildman–Crippen LogP) is 0.209. The number of fused-ring (bicyclic) bond motifs is 1. The molecule has 5 heteroatoms. The van der Waals surface area contributed by atoms with Gasteiger partial charge in [-0.25, -0.2) is 0 Å². The van der Waals surface area contributed by atoms with Crippen LogP contribution in [0.2, 0.25) is 0 Å². The second-order valence-corrected chi connectivity index (χ2v) is 3.44.